The molecule has 1 N–H and O–H groups in total. The summed E-state index contributed by atoms with van der Waals surface area (Å²) < 4.78 is 14.1. The monoisotopic (exact) mass is 300 g/mol. The molecule has 3 aromatic rings. The van der Waals surface area contributed by atoms with E-state index in [0.29, 0.717) is 5.56 Å². The van der Waals surface area contributed by atoms with E-state index in [1.54, 1.807) is 23.5 Å². The Morgan fingerprint density at radius 3 is 2.95 bits per heavy atom. The number of hydrogen-bond acceptors (Lipinski definition) is 3. The third-order valence-electron chi connectivity index (χ3n) is 3.03. The van der Waals surface area contributed by atoms with Crippen molar-refractivity contribution in [3.8, 4) is 0 Å². The van der Waals surface area contributed by atoms with Crippen LogP contribution < -0.4 is 5.32 Å². The minimum atomic E-state index is -0.332. The van der Waals surface area contributed by atoms with Gasteiger partial charge in [-0.15, -0.1) is 11.3 Å². The number of aromatic nitrogens is 1. The van der Waals surface area contributed by atoms with Crippen LogP contribution in [0.4, 0.5) is 10.1 Å². The molecule has 0 unspecified atom stereocenters. The first-order valence-electron chi connectivity index (χ1n) is 6.52. The van der Waals surface area contributed by atoms with Crippen molar-refractivity contribution in [1.82, 2.24) is 4.98 Å². The van der Waals surface area contributed by atoms with Crippen LogP contribution in [0.5, 0.6) is 0 Å². The van der Waals surface area contributed by atoms with Crippen LogP contribution in [-0.4, -0.2) is 10.9 Å². The summed E-state index contributed by atoms with van der Waals surface area (Å²) >= 11 is 1.59. The summed E-state index contributed by atoms with van der Waals surface area (Å²) in [5.41, 5.74) is 2.32. The summed E-state index contributed by atoms with van der Waals surface area (Å²) in [6.07, 6.45) is 0.150. The number of nitrogens with one attached hydrogen (secondary N) is 1. The lowest BCUT2D eigenvalue weighted by molar-refractivity contribution is -0.115. The van der Waals surface area contributed by atoms with E-state index < -0.39 is 0 Å². The normalized spacial score (nSPS) is 10.8. The van der Waals surface area contributed by atoms with Crippen molar-refractivity contribution in [1.29, 1.82) is 0 Å². The zero-order valence-corrected chi connectivity index (χ0v) is 12.2. The highest BCUT2D eigenvalue weighted by Gasteiger charge is 2.07. The van der Waals surface area contributed by atoms with Gasteiger partial charge in [0.25, 0.3) is 0 Å². The molecule has 5 heteroatoms. The number of hydrogen-bond donors (Lipinski definition) is 1. The fourth-order valence-electron chi connectivity index (χ4n) is 2.16. The molecule has 1 heterocycles. The van der Waals surface area contributed by atoms with E-state index in [0.717, 1.165) is 20.9 Å². The van der Waals surface area contributed by atoms with E-state index in [-0.39, 0.29) is 18.1 Å². The van der Waals surface area contributed by atoms with Crippen LogP contribution in [0.2, 0.25) is 0 Å². The highest BCUT2D eigenvalue weighted by Crippen LogP contribution is 2.24. The van der Waals surface area contributed by atoms with Crippen LogP contribution in [0.15, 0.2) is 42.5 Å². The number of rotatable bonds is 3. The van der Waals surface area contributed by atoms with Gasteiger partial charge in [0, 0.05) is 5.69 Å². The molecule has 21 heavy (non-hydrogen) atoms. The Morgan fingerprint density at radius 1 is 1.29 bits per heavy atom. The van der Waals surface area contributed by atoms with Crippen LogP contribution >= 0.6 is 11.3 Å². The van der Waals surface area contributed by atoms with Gasteiger partial charge in [0.2, 0.25) is 5.91 Å². The molecule has 1 amide bonds. The second kappa shape index (κ2) is 5.61. The van der Waals surface area contributed by atoms with E-state index in [2.05, 4.69) is 10.3 Å². The van der Waals surface area contributed by atoms with Crippen LogP contribution in [0.3, 0.4) is 0 Å². The van der Waals surface area contributed by atoms with E-state index >= 15 is 0 Å². The van der Waals surface area contributed by atoms with Crippen molar-refractivity contribution < 1.29 is 9.18 Å². The zero-order chi connectivity index (χ0) is 14.8. The molecule has 2 aromatic carbocycles. The Bertz CT molecular complexity index is 813. The standard InChI is InChI=1S/C16H13FN2OS/c1-10-18-14-6-5-13(9-15(14)21-10)19-16(20)8-11-3-2-4-12(17)7-11/h2-7,9H,8H2,1H3,(H,19,20). The highest BCUT2D eigenvalue weighted by atomic mass is 32.1. The van der Waals surface area contributed by atoms with Crippen LogP contribution in [0, 0.1) is 12.7 Å². The fourth-order valence-corrected chi connectivity index (χ4v) is 3.02. The molecule has 0 saturated carbocycles. The lowest BCUT2D eigenvalue weighted by Gasteiger charge is -2.05. The number of nitrogens with zero attached hydrogens (tertiary/aromatic N) is 1. The summed E-state index contributed by atoms with van der Waals surface area (Å²) in [5.74, 6) is -0.497. The van der Waals surface area contributed by atoms with Crippen molar-refractivity contribution in [2.75, 3.05) is 5.32 Å². The number of amides is 1. The molecule has 0 aliphatic heterocycles. The lowest BCUT2D eigenvalue weighted by Crippen LogP contribution is -2.14. The first-order chi connectivity index (χ1) is 10.1. The number of carbonyl (C=O) groups is 1. The molecule has 0 fully saturated rings. The van der Waals surface area contributed by atoms with Gasteiger partial charge in [-0.25, -0.2) is 9.37 Å². The fraction of sp³-hybridized carbons (Fsp3) is 0.125. The number of benzene rings is 2. The number of fused-ring (bicyclic) bond motifs is 1. The second-order valence-electron chi connectivity index (χ2n) is 4.77. The van der Waals surface area contributed by atoms with E-state index in [1.807, 2.05) is 25.1 Å². The van der Waals surface area contributed by atoms with Crippen molar-refractivity contribution >= 4 is 33.1 Å². The zero-order valence-electron chi connectivity index (χ0n) is 11.4. The average molecular weight is 300 g/mol. The minimum Gasteiger partial charge on any atom is -0.326 e. The molecule has 0 bridgehead atoms. The molecule has 0 radical (unpaired) electrons. The molecule has 0 spiro atoms. The number of halogens is 1. The molecule has 106 valence electrons. The van der Waals surface area contributed by atoms with E-state index in [4.69, 9.17) is 0 Å². The molecular formula is C16H13FN2OS. The number of anilines is 1. The summed E-state index contributed by atoms with van der Waals surface area (Å²) in [6.45, 7) is 1.95. The van der Waals surface area contributed by atoms with Gasteiger partial charge in [-0.3, -0.25) is 4.79 Å². The van der Waals surface area contributed by atoms with Crippen molar-refractivity contribution in [3.63, 3.8) is 0 Å². The molecule has 0 atom stereocenters. The van der Waals surface area contributed by atoms with Gasteiger partial charge in [-0.1, -0.05) is 12.1 Å². The van der Waals surface area contributed by atoms with Crippen molar-refractivity contribution in [2.24, 2.45) is 0 Å². The predicted octanol–water partition coefficient (Wildman–Crippen LogP) is 3.93. The largest absolute Gasteiger partial charge is 0.326 e. The molecule has 0 aliphatic carbocycles. The lowest BCUT2D eigenvalue weighted by atomic mass is 10.1. The first-order valence-corrected chi connectivity index (χ1v) is 7.33. The van der Waals surface area contributed by atoms with Crippen LogP contribution in [0.1, 0.15) is 10.6 Å². The molecule has 3 nitrogen and oxygen atoms in total. The SMILES string of the molecule is Cc1nc2ccc(NC(=O)Cc3cccc(F)c3)cc2s1. The van der Waals surface area contributed by atoms with Gasteiger partial charge in [0.15, 0.2) is 0 Å². The smallest absolute Gasteiger partial charge is 0.228 e. The van der Waals surface area contributed by atoms with Gasteiger partial charge in [-0.2, -0.15) is 0 Å². The Morgan fingerprint density at radius 2 is 2.14 bits per heavy atom. The average Bonchev–Trinajstić information content (AvgIpc) is 2.78. The van der Waals surface area contributed by atoms with Gasteiger partial charge in [-0.05, 0) is 42.8 Å². The highest BCUT2D eigenvalue weighted by molar-refractivity contribution is 7.18. The molecule has 3 rings (SSSR count). The van der Waals surface area contributed by atoms with Crippen molar-refractivity contribution in [3.05, 3.63) is 58.9 Å². The maximum Gasteiger partial charge on any atom is 0.228 e. The number of aryl methyl sites for hydroxylation is 1. The van der Waals surface area contributed by atoms with E-state index in [1.165, 1.54) is 12.1 Å². The summed E-state index contributed by atoms with van der Waals surface area (Å²) in [4.78, 5) is 16.4. The Labute approximate surface area is 125 Å². The number of thiazole rings is 1. The summed E-state index contributed by atoms with van der Waals surface area (Å²) in [7, 11) is 0. The Balaban J connectivity index is 1.73. The third-order valence-corrected chi connectivity index (χ3v) is 3.97. The maximum absolute atomic E-state index is 13.1. The Hall–Kier alpha value is -2.27. The van der Waals surface area contributed by atoms with Gasteiger partial charge >= 0.3 is 0 Å². The molecule has 0 saturated heterocycles. The topological polar surface area (TPSA) is 42.0 Å². The predicted molar refractivity (Wildman–Crippen MR) is 83.1 cm³/mol. The minimum absolute atomic E-state index is 0.150. The number of carbonyl (C=O) groups excluding carboxylic acids is 1. The maximum atomic E-state index is 13.1. The van der Waals surface area contributed by atoms with Gasteiger partial charge in [0.1, 0.15) is 5.82 Å². The molecular weight excluding hydrogens is 287 g/mol. The van der Waals surface area contributed by atoms with Gasteiger partial charge in [0.05, 0.1) is 21.6 Å². The molecule has 1 aromatic heterocycles. The molecule has 0 aliphatic rings. The third kappa shape index (κ3) is 3.25. The van der Waals surface area contributed by atoms with Crippen molar-refractivity contribution in [2.45, 2.75) is 13.3 Å². The second-order valence-corrected chi connectivity index (χ2v) is 6.01. The van der Waals surface area contributed by atoms with Gasteiger partial charge < -0.3 is 5.32 Å². The first kappa shape index (κ1) is 13.7. The summed E-state index contributed by atoms with van der Waals surface area (Å²) in [5, 5.41) is 3.82. The quantitative estimate of drug-likeness (QED) is 0.796. The summed E-state index contributed by atoms with van der Waals surface area (Å²) in [6, 6.07) is 11.7. The van der Waals surface area contributed by atoms with Crippen LogP contribution in [-0.2, 0) is 11.2 Å². The Kier molecular flexibility index (Phi) is 3.66. The van der Waals surface area contributed by atoms with E-state index in [9.17, 15) is 9.18 Å². The van der Waals surface area contributed by atoms with Crippen LogP contribution in [0.25, 0.3) is 10.2 Å².